The minimum Gasteiger partial charge on any atom is -0.359 e. The molecule has 1 aliphatic heterocycles. The second-order valence-electron chi connectivity index (χ2n) is 2.77. The first-order chi connectivity index (χ1) is 5.29. The maximum atomic E-state index is 5.97. The third kappa shape index (κ3) is 0.979. The normalized spacial score (nSPS) is 15.3. The smallest absolute Gasteiger partial charge is 0.133 e. The van der Waals surface area contributed by atoms with E-state index < -0.39 is 0 Å². The van der Waals surface area contributed by atoms with E-state index in [-0.39, 0.29) is 0 Å². The third-order valence-corrected chi connectivity index (χ3v) is 2.39. The fraction of sp³-hybridized carbons (Fsp3) is 0.375. The van der Waals surface area contributed by atoms with Gasteiger partial charge in [-0.05, 0) is 12.5 Å². The first-order valence-electron chi connectivity index (χ1n) is 3.63. The van der Waals surface area contributed by atoms with Gasteiger partial charge < -0.3 is 4.90 Å². The van der Waals surface area contributed by atoms with E-state index in [2.05, 4.69) is 9.88 Å². The lowest BCUT2D eigenvalue weighted by Gasteiger charge is -2.09. The Balaban J connectivity index is 2.57. The maximum absolute atomic E-state index is 5.97. The Kier molecular flexibility index (Phi) is 1.50. The van der Waals surface area contributed by atoms with Crippen LogP contribution in [0.15, 0.2) is 12.3 Å². The number of aromatic nitrogens is 1. The molecule has 0 aromatic carbocycles. The molecule has 3 heteroatoms. The molecule has 58 valence electrons. The van der Waals surface area contributed by atoms with Crippen LogP contribution < -0.4 is 4.90 Å². The highest BCUT2D eigenvalue weighted by atomic mass is 35.5. The van der Waals surface area contributed by atoms with Gasteiger partial charge in [0.25, 0.3) is 0 Å². The molecule has 0 saturated carbocycles. The molecular weight excluding hydrogens is 160 g/mol. The lowest BCUT2D eigenvalue weighted by molar-refractivity contribution is 0.946. The quantitative estimate of drug-likeness (QED) is 0.587. The Bertz CT molecular complexity index is 285. The number of likely N-dealkylation sites (N-methyl/N-ethyl adjacent to an activating group) is 1. The van der Waals surface area contributed by atoms with Gasteiger partial charge in [0, 0.05) is 30.4 Å². The summed E-state index contributed by atoms with van der Waals surface area (Å²) in [5, 5.41) is 0.847. The van der Waals surface area contributed by atoms with Gasteiger partial charge in [0.15, 0.2) is 0 Å². The van der Waals surface area contributed by atoms with Crippen LogP contribution in [-0.2, 0) is 6.42 Å². The summed E-state index contributed by atoms with van der Waals surface area (Å²) in [7, 11) is 2.04. The molecule has 2 rings (SSSR count). The van der Waals surface area contributed by atoms with Crippen molar-refractivity contribution in [1.82, 2.24) is 4.98 Å². The van der Waals surface area contributed by atoms with Crippen LogP contribution in [0.3, 0.4) is 0 Å². The van der Waals surface area contributed by atoms with E-state index in [9.17, 15) is 0 Å². The first kappa shape index (κ1) is 6.92. The van der Waals surface area contributed by atoms with Gasteiger partial charge in [-0.2, -0.15) is 0 Å². The van der Waals surface area contributed by atoms with Crippen molar-refractivity contribution in [2.75, 3.05) is 18.5 Å². The van der Waals surface area contributed by atoms with E-state index in [1.165, 1.54) is 5.56 Å². The highest BCUT2D eigenvalue weighted by Crippen LogP contribution is 2.29. The number of anilines is 1. The molecule has 0 saturated heterocycles. The average Bonchev–Trinajstić information content (AvgIpc) is 2.35. The van der Waals surface area contributed by atoms with Gasteiger partial charge >= 0.3 is 0 Å². The highest BCUT2D eigenvalue weighted by molar-refractivity contribution is 6.31. The Hall–Kier alpha value is -0.760. The van der Waals surface area contributed by atoms with E-state index >= 15 is 0 Å². The van der Waals surface area contributed by atoms with Crippen LogP contribution in [0.25, 0.3) is 0 Å². The van der Waals surface area contributed by atoms with Gasteiger partial charge in [-0.1, -0.05) is 11.6 Å². The van der Waals surface area contributed by atoms with Crippen molar-refractivity contribution in [3.63, 3.8) is 0 Å². The number of halogens is 1. The monoisotopic (exact) mass is 168 g/mol. The lowest BCUT2D eigenvalue weighted by Crippen LogP contribution is -2.13. The molecule has 0 fully saturated rings. The second-order valence-corrected chi connectivity index (χ2v) is 3.17. The molecule has 2 nitrogen and oxygen atoms in total. The molecule has 11 heavy (non-hydrogen) atoms. The van der Waals surface area contributed by atoms with Crippen molar-refractivity contribution in [1.29, 1.82) is 0 Å². The zero-order valence-corrected chi connectivity index (χ0v) is 7.10. The van der Waals surface area contributed by atoms with Gasteiger partial charge in [-0.25, -0.2) is 4.98 Å². The Morgan fingerprint density at radius 3 is 3.18 bits per heavy atom. The van der Waals surface area contributed by atoms with Crippen molar-refractivity contribution in [3.05, 3.63) is 22.8 Å². The average molecular weight is 169 g/mol. The van der Waals surface area contributed by atoms with E-state index in [1.807, 2.05) is 13.1 Å². The van der Waals surface area contributed by atoms with Gasteiger partial charge in [-0.15, -0.1) is 0 Å². The first-order valence-corrected chi connectivity index (χ1v) is 4.01. The summed E-state index contributed by atoms with van der Waals surface area (Å²) in [5.41, 5.74) is 1.19. The molecule has 0 bridgehead atoms. The Morgan fingerprint density at radius 1 is 1.64 bits per heavy atom. The second kappa shape index (κ2) is 2.38. The summed E-state index contributed by atoms with van der Waals surface area (Å²) in [5.74, 6) is 1.04. The molecule has 0 unspecified atom stereocenters. The molecule has 0 N–H and O–H groups in total. The van der Waals surface area contributed by atoms with E-state index in [0.29, 0.717) is 0 Å². The van der Waals surface area contributed by atoms with Crippen LogP contribution in [-0.4, -0.2) is 18.6 Å². The molecule has 0 aliphatic carbocycles. The van der Waals surface area contributed by atoms with Crippen molar-refractivity contribution >= 4 is 17.4 Å². The van der Waals surface area contributed by atoms with Gasteiger partial charge in [-0.3, -0.25) is 0 Å². The van der Waals surface area contributed by atoms with Crippen LogP contribution >= 0.6 is 11.6 Å². The summed E-state index contributed by atoms with van der Waals surface area (Å²) in [6, 6.07) is 1.85. The minimum atomic E-state index is 0.847. The molecule has 1 aromatic heterocycles. The summed E-state index contributed by atoms with van der Waals surface area (Å²) < 4.78 is 0. The van der Waals surface area contributed by atoms with Crippen LogP contribution in [0.4, 0.5) is 5.82 Å². The van der Waals surface area contributed by atoms with Crippen LogP contribution in [0.1, 0.15) is 5.56 Å². The molecule has 0 spiro atoms. The van der Waals surface area contributed by atoms with Crippen molar-refractivity contribution < 1.29 is 0 Å². The minimum absolute atomic E-state index is 0.847. The summed E-state index contributed by atoms with van der Waals surface area (Å²) >= 11 is 5.97. The SMILES string of the molecule is CN1CCc2c(Cl)ccnc21. The molecule has 0 radical (unpaired) electrons. The predicted octanol–water partition coefficient (Wildman–Crippen LogP) is 1.73. The van der Waals surface area contributed by atoms with Gasteiger partial charge in [0.05, 0.1) is 0 Å². The largest absolute Gasteiger partial charge is 0.359 e. The molecule has 1 aromatic rings. The molecule has 0 atom stereocenters. The van der Waals surface area contributed by atoms with E-state index in [0.717, 1.165) is 23.8 Å². The van der Waals surface area contributed by atoms with Gasteiger partial charge in [0.1, 0.15) is 5.82 Å². The van der Waals surface area contributed by atoms with Crippen LogP contribution in [0.5, 0.6) is 0 Å². The highest BCUT2D eigenvalue weighted by Gasteiger charge is 2.18. The summed E-state index contributed by atoms with van der Waals surface area (Å²) in [6.45, 7) is 1.03. The standard InChI is InChI=1S/C8H9ClN2/c1-11-5-3-6-7(9)2-4-10-8(6)11/h2,4H,3,5H2,1H3. The zero-order chi connectivity index (χ0) is 7.84. The zero-order valence-electron chi connectivity index (χ0n) is 6.34. The van der Waals surface area contributed by atoms with Crippen molar-refractivity contribution in [3.8, 4) is 0 Å². The number of hydrogen-bond acceptors (Lipinski definition) is 2. The summed E-state index contributed by atoms with van der Waals surface area (Å²) in [6.07, 6.45) is 2.78. The van der Waals surface area contributed by atoms with Crippen LogP contribution in [0, 0.1) is 0 Å². The number of fused-ring (bicyclic) bond motifs is 1. The van der Waals surface area contributed by atoms with E-state index in [1.54, 1.807) is 6.20 Å². The topological polar surface area (TPSA) is 16.1 Å². The molecule has 1 aliphatic rings. The molecular formula is C8H9ClN2. The van der Waals surface area contributed by atoms with Crippen LogP contribution in [0.2, 0.25) is 5.02 Å². The number of nitrogens with zero attached hydrogens (tertiary/aromatic N) is 2. The van der Waals surface area contributed by atoms with Gasteiger partial charge in [0.2, 0.25) is 0 Å². The fourth-order valence-electron chi connectivity index (χ4n) is 1.40. The number of pyridine rings is 1. The Morgan fingerprint density at radius 2 is 2.45 bits per heavy atom. The molecule has 2 heterocycles. The summed E-state index contributed by atoms with van der Waals surface area (Å²) in [4.78, 5) is 6.37. The molecule has 0 amide bonds. The predicted molar refractivity (Wildman–Crippen MR) is 46.2 cm³/mol. The van der Waals surface area contributed by atoms with E-state index in [4.69, 9.17) is 11.6 Å². The fourth-order valence-corrected chi connectivity index (χ4v) is 1.64. The number of rotatable bonds is 0. The Labute approximate surface area is 70.8 Å². The lowest BCUT2D eigenvalue weighted by atomic mass is 10.2. The van der Waals surface area contributed by atoms with Crippen molar-refractivity contribution in [2.45, 2.75) is 6.42 Å². The maximum Gasteiger partial charge on any atom is 0.133 e. The third-order valence-electron chi connectivity index (χ3n) is 2.03. The number of hydrogen-bond donors (Lipinski definition) is 0. The van der Waals surface area contributed by atoms with Crippen molar-refractivity contribution in [2.24, 2.45) is 0 Å².